The summed E-state index contributed by atoms with van der Waals surface area (Å²) >= 11 is 0. The molecule has 2 aromatic rings. The molecule has 0 unspecified atom stereocenters. The van der Waals surface area contributed by atoms with Crippen LogP contribution < -0.4 is 10.6 Å². The van der Waals surface area contributed by atoms with Crippen LogP contribution in [0.25, 0.3) is 0 Å². The van der Waals surface area contributed by atoms with Crippen molar-refractivity contribution >= 4 is 11.6 Å². The zero-order valence-corrected chi connectivity index (χ0v) is 12.0. The van der Waals surface area contributed by atoms with Gasteiger partial charge < -0.3 is 10.6 Å². The van der Waals surface area contributed by atoms with E-state index in [2.05, 4.69) is 34.9 Å². The van der Waals surface area contributed by atoms with E-state index in [1.165, 1.54) is 17.2 Å². The molecule has 1 amide bonds. The summed E-state index contributed by atoms with van der Waals surface area (Å²) in [5.74, 6) is -0.616. The maximum atomic E-state index is 13.4. The van der Waals surface area contributed by atoms with Crippen LogP contribution in [0, 0.1) is 12.7 Å². The van der Waals surface area contributed by atoms with Crippen molar-refractivity contribution in [3.05, 3.63) is 65.5 Å². The molecule has 4 heteroatoms. The Labute approximate surface area is 124 Å². The van der Waals surface area contributed by atoms with Gasteiger partial charge >= 0.3 is 0 Å². The predicted octanol–water partition coefficient (Wildman–Crippen LogP) is 3.25. The highest BCUT2D eigenvalue weighted by atomic mass is 19.1. The van der Waals surface area contributed by atoms with Gasteiger partial charge in [-0.15, -0.1) is 0 Å². The normalized spacial score (nSPS) is 10.4. The largest absolute Gasteiger partial charge is 0.324 e. The van der Waals surface area contributed by atoms with Crippen molar-refractivity contribution in [2.75, 3.05) is 11.9 Å². The fourth-order valence-electron chi connectivity index (χ4n) is 1.92. The fraction of sp³-hybridized carbons (Fsp3) is 0.235. The number of para-hydroxylation sites is 1. The molecule has 2 N–H and O–H groups in total. The molecule has 0 saturated heterocycles. The molecular weight excluding hydrogens is 267 g/mol. The molecule has 0 aliphatic carbocycles. The van der Waals surface area contributed by atoms with Gasteiger partial charge in [-0.25, -0.2) is 4.39 Å². The van der Waals surface area contributed by atoms with Crippen LogP contribution in [0.1, 0.15) is 17.5 Å². The summed E-state index contributed by atoms with van der Waals surface area (Å²) in [5, 5.41) is 5.76. The van der Waals surface area contributed by atoms with Gasteiger partial charge in [-0.1, -0.05) is 42.0 Å². The monoisotopic (exact) mass is 286 g/mol. The van der Waals surface area contributed by atoms with Crippen LogP contribution in [0.4, 0.5) is 10.1 Å². The number of halogens is 1. The predicted molar refractivity (Wildman–Crippen MR) is 82.5 cm³/mol. The van der Waals surface area contributed by atoms with Gasteiger partial charge in [0.1, 0.15) is 5.82 Å². The second kappa shape index (κ2) is 7.55. The van der Waals surface area contributed by atoms with Crippen molar-refractivity contribution < 1.29 is 9.18 Å². The lowest BCUT2D eigenvalue weighted by molar-refractivity contribution is -0.116. The average molecular weight is 286 g/mol. The van der Waals surface area contributed by atoms with Gasteiger partial charge in [-0.05, 0) is 24.6 Å². The zero-order chi connectivity index (χ0) is 15.1. The number of hydrogen-bond donors (Lipinski definition) is 2. The quantitative estimate of drug-likeness (QED) is 0.800. The summed E-state index contributed by atoms with van der Waals surface area (Å²) in [6.07, 6.45) is 0.306. The Morgan fingerprint density at radius 1 is 1.10 bits per heavy atom. The first-order valence-corrected chi connectivity index (χ1v) is 6.96. The van der Waals surface area contributed by atoms with E-state index in [0.717, 1.165) is 0 Å². The third-order valence-corrected chi connectivity index (χ3v) is 3.13. The molecule has 0 bridgehead atoms. The van der Waals surface area contributed by atoms with Crippen LogP contribution >= 0.6 is 0 Å². The minimum absolute atomic E-state index is 0.198. The second-order valence-corrected chi connectivity index (χ2v) is 4.94. The van der Waals surface area contributed by atoms with Gasteiger partial charge in [-0.2, -0.15) is 0 Å². The fourth-order valence-corrected chi connectivity index (χ4v) is 1.92. The lowest BCUT2D eigenvalue weighted by Gasteiger charge is -2.07. The smallest absolute Gasteiger partial charge is 0.225 e. The van der Waals surface area contributed by atoms with Crippen LogP contribution in [0.2, 0.25) is 0 Å². The molecule has 0 fully saturated rings. The Hall–Kier alpha value is -2.20. The number of benzene rings is 2. The Bertz CT molecular complexity index is 596. The zero-order valence-electron chi connectivity index (χ0n) is 12.0. The molecule has 0 aliphatic heterocycles. The molecule has 2 rings (SSSR count). The van der Waals surface area contributed by atoms with Gasteiger partial charge in [0.05, 0.1) is 5.69 Å². The first-order valence-electron chi connectivity index (χ1n) is 6.96. The molecule has 0 aliphatic rings. The minimum Gasteiger partial charge on any atom is -0.324 e. The summed E-state index contributed by atoms with van der Waals surface area (Å²) in [4.78, 5) is 11.7. The summed E-state index contributed by atoms with van der Waals surface area (Å²) in [6.45, 7) is 3.31. The lowest BCUT2D eigenvalue weighted by Crippen LogP contribution is -2.21. The maximum absolute atomic E-state index is 13.4. The molecule has 0 saturated carbocycles. The molecule has 21 heavy (non-hydrogen) atoms. The second-order valence-electron chi connectivity index (χ2n) is 4.94. The Morgan fingerprint density at radius 3 is 2.52 bits per heavy atom. The highest BCUT2D eigenvalue weighted by Gasteiger charge is 2.05. The van der Waals surface area contributed by atoms with E-state index in [-0.39, 0.29) is 11.6 Å². The first kappa shape index (κ1) is 15.2. The van der Waals surface area contributed by atoms with E-state index in [1.807, 2.05) is 6.92 Å². The Kier molecular flexibility index (Phi) is 5.46. The molecule has 3 nitrogen and oxygen atoms in total. The molecule has 0 heterocycles. The number of amides is 1. The van der Waals surface area contributed by atoms with E-state index in [4.69, 9.17) is 0 Å². The Balaban J connectivity index is 1.70. The lowest BCUT2D eigenvalue weighted by atomic mass is 10.1. The molecule has 2 aromatic carbocycles. The molecule has 0 aromatic heterocycles. The summed E-state index contributed by atoms with van der Waals surface area (Å²) < 4.78 is 13.4. The van der Waals surface area contributed by atoms with E-state index >= 15 is 0 Å². The number of carbonyl (C=O) groups is 1. The van der Waals surface area contributed by atoms with Crippen LogP contribution in [0.5, 0.6) is 0 Å². The topological polar surface area (TPSA) is 41.1 Å². The van der Waals surface area contributed by atoms with Crippen LogP contribution in [-0.4, -0.2) is 12.5 Å². The molecule has 0 atom stereocenters. The van der Waals surface area contributed by atoms with Crippen LogP contribution in [0.15, 0.2) is 48.5 Å². The molecular formula is C17H19FN2O. The van der Waals surface area contributed by atoms with E-state index in [1.54, 1.807) is 18.2 Å². The van der Waals surface area contributed by atoms with Crippen molar-refractivity contribution in [3.63, 3.8) is 0 Å². The number of rotatable bonds is 6. The molecule has 110 valence electrons. The van der Waals surface area contributed by atoms with Crippen LogP contribution in [0.3, 0.4) is 0 Å². The summed E-state index contributed by atoms with van der Waals surface area (Å²) in [6, 6.07) is 14.4. The minimum atomic E-state index is -0.418. The molecule has 0 radical (unpaired) electrons. The number of anilines is 1. The number of hydrogen-bond acceptors (Lipinski definition) is 2. The Morgan fingerprint density at radius 2 is 1.81 bits per heavy atom. The third kappa shape index (κ3) is 5.00. The third-order valence-electron chi connectivity index (χ3n) is 3.13. The number of aryl methyl sites for hydroxylation is 1. The van der Waals surface area contributed by atoms with Crippen molar-refractivity contribution in [3.8, 4) is 0 Å². The molecule has 0 spiro atoms. The number of carbonyl (C=O) groups excluding carboxylic acids is 1. The highest BCUT2D eigenvalue weighted by Crippen LogP contribution is 2.12. The van der Waals surface area contributed by atoms with Gasteiger partial charge in [0.15, 0.2) is 0 Å². The van der Waals surface area contributed by atoms with Crippen molar-refractivity contribution in [2.24, 2.45) is 0 Å². The summed E-state index contributed by atoms with van der Waals surface area (Å²) in [5.41, 5.74) is 2.62. The van der Waals surface area contributed by atoms with Crippen molar-refractivity contribution in [1.82, 2.24) is 5.32 Å². The van der Waals surface area contributed by atoms with Crippen LogP contribution in [-0.2, 0) is 11.3 Å². The van der Waals surface area contributed by atoms with E-state index in [0.29, 0.717) is 19.5 Å². The number of nitrogens with one attached hydrogen (secondary N) is 2. The van der Waals surface area contributed by atoms with Gasteiger partial charge in [-0.3, -0.25) is 4.79 Å². The van der Waals surface area contributed by atoms with E-state index < -0.39 is 5.82 Å². The van der Waals surface area contributed by atoms with Gasteiger partial charge in [0.2, 0.25) is 5.91 Å². The highest BCUT2D eigenvalue weighted by molar-refractivity contribution is 5.90. The average Bonchev–Trinajstić information content (AvgIpc) is 2.48. The van der Waals surface area contributed by atoms with Crippen molar-refractivity contribution in [2.45, 2.75) is 19.9 Å². The summed E-state index contributed by atoms with van der Waals surface area (Å²) in [7, 11) is 0. The standard InChI is InChI=1S/C17H19FN2O/c1-13-6-8-14(9-7-13)12-19-11-10-17(21)20-16-5-3-2-4-15(16)18/h2-9,19H,10-12H2,1H3,(H,20,21). The van der Waals surface area contributed by atoms with Crippen molar-refractivity contribution in [1.29, 1.82) is 0 Å². The SMILES string of the molecule is Cc1ccc(CNCCC(=O)Nc2ccccc2F)cc1. The van der Waals surface area contributed by atoms with Gasteiger partial charge in [0, 0.05) is 19.5 Å². The first-order chi connectivity index (χ1) is 10.1. The van der Waals surface area contributed by atoms with Gasteiger partial charge in [0.25, 0.3) is 0 Å². The maximum Gasteiger partial charge on any atom is 0.225 e. The van der Waals surface area contributed by atoms with E-state index in [9.17, 15) is 9.18 Å².